The third kappa shape index (κ3) is 3.00. The Morgan fingerprint density at radius 1 is 1.22 bits per heavy atom. The summed E-state index contributed by atoms with van der Waals surface area (Å²) in [6, 6.07) is 12.8. The summed E-state index contributed by atoms with van der Waals surface area (Å²) in [5, 5.41) is 9.09. The molecule has 0 radical (unpaired) electrons. The maximum Gasteiger partial charge on any atom is 0.335 e. The predicted molar refractivity (Wildman–Crippen MR) is 91.8 cm³/mol. The summed E-state index contributed by atoms with van der Waals surface area (Å²) in [7, 11) is 1.66. The molecule has 3 rings (SSSR count). The quantitative estimate of drug-likeness (QED) is 0.853. The molecule has 4 nitrogen and oxygen atoms in total. The maximum atomic E-state index is 12.5. The van der Waals surface area contributed by atoms with E-state index in [0.29, 0.717) is 10.6 Å². The number of carbonyl (C=O) groups is 2. The molecule has 0 unspecified atom stereocenters. The van der Waals surface area contributed by atoms with Crippen molar-refractivity contribution < 1.29 is 14.7 Å². The summed E-state index contributed by atoms with van der Waals surface area (Å²) in [6.07, 6.45) is 1.87. The minimum Gasteiger partial charge on any atom is -0.478 e. The highest BCUT2D eigenvalue weighted by Crippen LogP contribution is 2.41. The van der Waals surface area contributed by atoms with Gasteiger partial charge in [0.05, 0.1) is 16.2 Å². The number of nitrogens with zero attached hydrogens (tertiary/aromatic N) is 1. The van der Waals surface area contributed by atoms with Crippen LogP contribution >= 0.6 is 11.8 Å². The molecule has 0 atom stereocenters. The van der Waals surface area contributed by atoms with Gasteiger partial charge < -0.3 is 10.0 Å². The van der Waals surface area contributed by atoms with Crippen LogP contribution in [0.2, 0.25) is 0 Å². The van der Waals surface area contributed by atoms with Gasteiger partial charge in [0.25, 0.3) is 5.91 Å². The number of aromatic carboxylic acids is 1. The predicted octanol–water partition coefficient (Wildman–Crippen LogP) is 3.80. The zero-order chi connectivity index (χ0) is 16.6. The maximum absolute atomic E-state index is 12.5. The molecule has 0 aliphatic carbocycles. The van der Waals surface area contributed by atoms with Crippen molar-refractivity contribution in [1.82, 2.24) is 0 Å². The Morgan fingerprint density at radius 3 is 2.70 bits per heavy atom. The fourth-order valence-electron chi connectivity index (χ4n) is 2.44. The van der Waals surface area contributed by atoms with Crippen molar-refractivity contribution in [3.63, 3.8) is 0 Å². The first-order chi connectivity index (χ1) is 11.0. The van der Waals surface area contributed by atoms with Crippen molar-refractivity contribution in [1.29, 1.82) is 0 Å². The number of amides is 1. The zero-order valence-corrected chi connectivity index (χ0v) is 13.6. The van der Waals surface area contributed by atoms with Gasteiger partial charge in [-0.1, -0.05) is 41.6 Å². The molecule has 1 aliphatic rings. The second-order valence-corrected chi connectivity index (χ2v) is 6.46. The van der Waals surface area contributed by atoms with Gasteiger partial charge in [0.1, 0.15) is 0 Å². The lowest BCUT2D eigenvalue weighted by molar-refractivity contribution is -0.114. The van der Waals surface area contributed by atoms with E-state index >= 15 is 0 Å². The Morgan fingerprint density at radius 2 is 2.00 bits per heavy atom. The number of carboxylic acid groups (broad SMARTS) is 1. The molecule has 0 bridgehead atoms. The first kappa shape index (κ1) is 15.4. The first-order valence-electron chi connectivity index (χ1n) is 7.07. The van der Waals surface area contributed by atoms with Gasteiger partial charge in [0.15, 0.2) is 0 Å². The smallest absolute Gasteiger partial charge is 0.335 e. The molecule has 0 saturated carbocycles. The molecule has 1 amide bonds. The summed E-state index contributed by atoms with van der Waals surface area (Å²) in [6.45, 7) is 2.01. The zero-order valence-electron chi connectivity index (χ0n) is 12.7. The van der Waals surface area contributed by atoms with Gasteiger partial charge in [-0.15, -0.1) is 0 Å². The number of likely N-dealkylation sites (N-methyl/N-ethyl adjacent to an activating group) is 1. The van der Waals surface area contributed by atoms with Crippen LogP contribution in [0.15, 0.2) is 52.3 Å². The molecule has 0 saturated heterocycles. The van der Waals surface area contributed by atoms with Crippen molar-refractivity contribution in [2.24, 2.45) is 0 Å². The monoisotopic (exact) mass is 325 g/mol. The summed E-state index contributed by atoms with van der Waals surface area (Å²) < 4.78 is 0. The molecule has 0 fully saturated rings. The van der Waals surface area contributed by atoms with E-state index in [-0.39, 0.29) is 11.5 Å². The van der Waals surface area contributed by atoms with E-state index in [4.69, 9.17) is 5.11 Å². The van der Waals surface area contributed by atoms with Crippen molar-refractivity contribution >= 4 is 35.4 Å². The van der Waals surface area contributed by atoms with Crippen molar-refractivity contribution in [2.45, 2.75) is 11.8 Å². The van der Waals surface area contributed by atoms with Crippen LogP contribution < -0.4 is 4.90 Å². The molecule has 1 heterocycles. The number of hydrogen-bond acceptors (Lipinski definition) is 3. The SMILES string of the molecule is Cc1cccc(/C=C2\Sc3ccc(C(=O)O)cc3N(C)C2=O)c1. The van der Waals surface area contributed by atoms with Crippen molar-refractivity contribution in [3.8, 4) is 0 Å². The summed E-state index contributed by atoms with van der Waals surface area (Å²) in [4.78, 5) is 26.6. The fourth-order valence-corrected chi connectivity index (χ4v) is 3.53. The Kier molecular flexibility index (Phi) is 3.96. The van der Waals surface area contributed by atoms with Crippen LogP contribution in [0.1, 0.15) is 21.5 Å². The highest BCUT2D eigenvalue weighted by atomic mass is 32.2. The molecule has 2 aromatic carbocycles. The molecular weight excluding hydrogens is 310 g/mol. The van der Waals surface area contributed by atoms with Gasteiger partial charge >= 0.3 is 5.97 Å². The van der Waals surface area contributed by atoms with E-state index in [0.717, 1.165) is 16.0 Å². The number of fused-ring (bicyclic) bond motifs is 1. The van der Waals surface area contributed by atoms with E-state index in [1.54, 1.807) is 19.2 Å². The topological polar surface area (TPSA) is 57.6 Å². The molecule has 23 heavy (non-hydrogen) atoms. The number of benzene rings is 2. The highest BCUT2D eigenvalue weighted by Gasteiger charge is 2.27. The molecule has 1 aliphatic heterocycles. The van der Waals surface area contributed by atoms with Crippen LogP contribution in [-0.4, -0.2) is 24.0 Å². The van der Waals surface area contributed by atoms with E-state index < -0.39 is 5.97 Å². The summed E-state index contributed by atoms with van der Waals surface area (Å²) in [5.41, 5.74) is 2.91. The van der Waals surface area contributed by atoms with Crippen LogP contribution in [-0.2, 0) is 4.79 Å². The molecular formula is C18H15NO3S. The minimum absolute atomic E-state index is 0.133. The standard InChI is InChI=1S/C18H15NO3S/c1-11-4-3-5-12(8-11)9-16-17(20)19(2)14-10-13(18(21)22)6-7-15(14)23-16/h3-10H,1-2H3,(H,21,22)/b16-9-. The van der Waals surface area contributed by atoms with Crippen LogP contribution in [0, 0.1) is 6.92 Å². The Hall–Kier alpha value is -2.53. The normalized spacial score (nSPS) is 15.7. The second kappa shape index (κ2) is 5.93. The Balaban J connectivity index is 2.01. The van der Waals surface area contributed by atoms with Gasteiger partial charge in [-0.25, -0.2) is 4.79 Å². The number of rotatable bonds is 2. The molecule has 5 heteroatoms. The van der Waals surface area contributed by atoms with E-state index in [2.05, 4.69) is 0 Å². The molecule has 1 N–H and O–H groups in total. The van der Waals surface area contributed by atoms with Crippen molar-refractivity contribution in [2.75, 3.05) is 11.9 Å². The lowest BCUT2D eigenvalue weighted by atomic mass is 10.1. The Labute approximate surface area is 138 Å². The number of carboxylic acids is 1. The summed E-state index contributed by atoms with van der Waals surface area (Å²) >= 11 is 1.37. The van der Waals surface area contributed by atoms with E-state index in [1.165, 1.54) is 22.7 Å². The molecule has 0 spiro atoms. The van der Waals surface area contributed by atoms with Gasteiger partial charge in [-0.2, -0.15) is 0 Å². The molecule has 116 valence electrons. The third-order valence-electron chi connectivity index (χ3n) is 3.64. The van der Waals surface area contributed by atoms with Gasteiger partial charge in [0, 0.05) is 11.9 Å². The van der Waals surface area contributed by atoms with Crippen LogP contribution in [0.4, 0.5) is 5.69 Å². The number of hydrogen-bond donors (Lipinski definition) is 1. The average Bonchev–Trinajstić information content (AvgIpc) is 2.52. The van der Waals surface area contributed by atoms with Crippen LogP contribution in [0.5, 0.6) is 0 Å². The van der Waals surface area contributed by atoms with E-state index in [9.17, 15) is 9.59 Å². The van der Waals surface area contributed by atoms with Gasteiger partial charge in [-0.3, -0.25) is 4.79 Å². The minimum atomic E-state index is -1.00. The number of anilines is 1. The lowest BCUT2D eigenvalue weighted by Gasteiger charge is -2.27. The van der Waals surface area contributed by atoms with E-state index in [1.807, 2.05) is 37.3 Å². The van der Waals surface area contributed by atoms with Crippen LogP contribution in [0.3, 0.4) is 0 Å². The summed E-state index contributed by atoms with van der Waals surface area (Å²) in [5.74, 6) is -1.13. The number of carbonyl (C=O) groups excluding carboxylic acids is 1. The van der Waals surface area contributed by atoms with Gasteiger partial charge in [0.2, 0.25) is 0 Å². The lowest BCUT2D eigenvalue weighted by Crippen LogP contribution is -2.30. The number of thioether (sulfide) groups is 1. The van der Waals surface area contributed by atoms with Crippen LogP contribution in [0.25, 0.3) is 6.08 Å². The molecule has 0 aromatic heterocycles. The second-order valence-electron chi connectivity index (χ2n) is 5.38. The fraction of sp³-hybridized carbons (Fsp3) is 0.111. The largest absolute Gasteiger partial charge is 0.478 e. The van der Waals surface area contributed by atoms with Crippen molar-refractivity contribution in [3.05, 3.63) is 64.1 Å². The molecule has 2 aromatic rings. The van der Waals surface area contributed by atoms with Gasteiger partial charge in [-0.05, 0) is 36.8 Å². The number of aryl methyl sites for hydroxylation is 1. The highest BCUT2D eigenvalue weighted by molar-refractivity contribution is 8.04. The average molecular weight is 325 g/mol. The third-order valence-corrected chi connectivity index (χ3v) is 4.72. The first-order valence-corrected chi connectivity index (χ1v) is 7.89. The Bertz CT molecular complexity index is 842.